The minimum atomic E-state index is 0.263. The first-order chi connectivity index (χ1) is 15.2. The van der Waals surface area contributed by atoms with Crippen LogP contribution in [0.5, 0.6) is 0 Å². The van der Waals surface area contributed by atoms with E-state index in [2.05, 4.69) is 49.7 Å². The fourth-order valence-corrected chi connectivity index (χ4v) is 4.42. The van der Waals surface area contributed by atoms with Crippen molar-refractivity contribution in [3.05, 3.63) is 36.8 Å². The van der Waals surface area contributed by atoms with E-state index in [1.54, 1.807) is 18.6 Å². The van der Waals surface area contributed by atoms with Gasteiger partial charge in [-0.2, -0.15) is 9.97 Å². The van der Waals surface area contributed by atoms with E-state index in [0.29, 0.717) is 19.3 Å². The molecule has 162 valence electrons. The van der Waals surface area contributed by atoms with E-state index in [9.17, 15) is 0 Å². The molecule has 0 N–H and O–H groups in total. The van der Waals surface area contributed by atoms with Gasteiger partial charge in [0.25, 0.3) is 0 Å². The van der Waals surface area contributed by atoms with E-state index in [4.69, 9.17) is 14.7 Å². The quantitative estimate of drug-likeness (QED) is 0.630. The number of nitrogens with zero attached hydrogens (tertiary/aromatic N) is 8. The van der Waals surface area contributed by atoms with E-state index >= 15 is 0 Å². The summed E-state index contributed by atoms with van der Waals surface area (Å²) in [6.45, 7) is 6.24. The number of hydrogen-bond donors (Lipinski definition) is 0. The van der Waals surface area contributed by atoms with E-state index in [1.165, 1.54) is 0 Å². The number of pyridine rings is 1. The van der Waals surface area contributed by atoms with Crippen LogP contribution >= 0.6 is 0 Å². The molecule has 3 aromatic rings. The largest absolute Gasteiger partial charge is 0.377 e. The minimum Gasteiger partial charge on any atom is -0.377 e. The van der Waals surface area contributed by atoms with E-state index in [0.717, 1.165) is 61.2 Å². The summed E-state index contributed by atoms with van der Waals surface area (Å²) in [4.78, 5) is 29.9. The molecule has 5 rings (SSSR count). The molecule has 0 aromatic carbocycles. The molecule has 2 aliphatic rings. The molecule has 0 spiro atoms. The molecule has 5 heterocycles. The Labute approximate surface area is 182 Å². The number of rotatable bonds is 4. The van der Waals surface area contributed by atoms with Gasteiger partial charge >= 0.3 is 0 Å². The van der Waals surface area contributed by atoms with Gasteiger partial charge in [-0.05, 0) is 38.0 Å². The zero-order valence-corrected chi connectivity index (χ0v) is 18.1. The van der Waals surface area contributed by atoms with Crippen molar-refractivity contribution in [3.8, 4) is 0 Å². The van der Waals surface area contributed by atoms with Crippen molar-refractivity contribution in [2.75, 3.05) is 54.6 Å². The predicted molar refractivity (Wildman–Crippen MR) is 121 cm³/mol. The Bertz CT molecular complexity index is 1020. The van der Waals surface area contributed by atoms with Crippen LogP contribution in [0.15, 0.2) is 36.8 Å². The van der Waals surface area contributed by atoms with Crippen molar-refractivity contribution >= 4 is 28.7 Å². The maximum absolute atomic E-state index is 5.64. The minimum absolute atomic E-state index is 0.263. The van der Waals surface area contributed by atoms with Crippen LogP contribution in [0.4, 0.5) is 17.7 Å². The highest BCUT2D eigenvalue weighted by Crippen LogP contribution is 2.29. The van der Waals surface area contributed by atoms with Crippen LogP contribution in [-0.4, -0.2) is 76.9 Å². The van der Waals surface area contributed by atoms with Crippen LogP contribution in [0.1, 0.15) is 19.8 Å². The smallest absolute Gasteiger partial charge is 0.229 e. The molecule has 9 heteroatoms. The van der Waals surface area contributed by atoms with Crippen molar-refractivity contribution in [1.82, 2.24) is 24.9 Å². The standard InChI is InChI=1S/C22H28N8O/c1-16-15-31-14-13-30(16)20-18-5-3-8-23-19(18)26-22(27-20)28(2)17-6-11-29(12-7-17)21-24-9-4-10-25-21/h3-5,8-10,16-17H,6-7,11-15H2,1-2H3/t16-/m0/s1. The molecule has 0 saturated carbocycles. The normalized spacial score (nSPS) is 20.3. The third-order valence-electron chi connectivity index (χ3n) is 6.24. The average molecular weight is 421 g/mol. The maximum atomic E-state index is 5.64. The van der Waals surface area contributed by atoms with Crippen molar-refractivity contribution in [1.29, 1.82) is 0 Å². The second-order valence-electron chi connectivity index (χ2n) is 8.22. The highest BCUT2D eigenvalue weighted by molar-refractivity contribution is 5.88. The molecule has 3 aromatic heterocycles. The molecule has 1 atom stereocenters. The Kier molecular flexibility index (Phi) is 5.50. The number of aromatic nitrogens is 5. The first kappa shape index (κ1) is 19.9. The molecule has 0 radical (unpaired) electrons. The fraction of sp³-hybridized carbons (Fsp3) is 0.500. The summed E-state index contributed by atoms with van der Waals surface area (Å²) >= 11 is 0. The molecule has 2 saturated heterocycles. The van der Waals surface area contributed by atoms with Crippen molar-refractivity contribution in [2.24, 2.45) is 0 Å². The van der Waals surface area contributed by atoms with E-state index < -0.39 is 0 Å². The van der Waals surface area contributed by atoms with Gasteiger partial charge in [-0.3, -0.25) is 0 Å². The summed E-state index contributed by atoms with van der Waals surface area (Å²) in [6, 6.07) is 6.48. The first-order valence-electron chi connectivity index (χ1n) is 10.9. The van der Waals surface area contributed by atoms with Gasteiger partial charge in [0.1, 0.15) is 5.82 Å². The van der Waals surface area contributed by atoms with Crippen LogP contribution in [0.3, 0.4) is 0 Å². The second-order valence-corrected chi connectivity index (χ2v) is 8.22. The number of hydrogen-bond acceptors (Lipinski definition) is 9. The predicted octanol–water partition coefficient (Wildman–Crippen LogP) is 2.15. The van der Waals surface area contributed by atoms with Gasteiger partial charge in [-0.1, -0.05) is 0 Å². The van der Waals surface area contributed by atoms with Crippen molar-refractivity contribution in [3.63, 3.8) is 0 Å². The molecule has 2 fully saturated rings. The Morgan fingerprint density at radius 1 is 1.00 bits per heavy atom. The van der Waals surface area contributed by atoms with E-state index in [-0.39, 0.29) is 6.04 Å². The lowest BCUT2D eigenvalue weighted by molar-refractivity contribution is 0.0987. The summed E-state index contributed by atoms with van der Waals surface area (Å²) in [7, 11) is 2.09. The van der Waals surface area contributed by atoms with Crippen molar-refractivity contribution in [2.45, 2.75) is 31.8 Å². The number of anilines is 3. The Balaban J connectivity index is 1.40. The maximum Gasteiger partial charge on any atom is 0.229 e. The fourth-order valence-electron chi connectivity index (χ4n) is 4.42. The van der Waals surface area contributed by atoms with Gasteiger partial charge in [0.15, 0.2) is 5.65 Å². The average Bonchev–Trinajstić information content (AvgIpc) is 2.84. The molecule has 31 heavy (non-hydrogen) atoms. The molecule has 0 amide bonds. The Morgan fingerprint density at radius 3 is 2.55 bits per heavy atom. The molecular formula is C22H28N8O. The lowest BCUT2D eigenvalue weighted by Gasteiger charge is -2.38. The van der Waals surface area contributed by atoms with Gasteiger partial charge < -0.3 is 19.4 Å². The number of piperidine rings is 1. The molecule has 0 aliphatic carbocycles. The summed E-state index contributed by atoms with van der Waals surface area (Å²) in [5.74, 6) is 2.48. The molecule has 2 aliphatic heterocycles. The highest BCUT2D eigenvalue weighted by atomic mass is 16.5. The van der Waals surface area contributed by atoms with Crippen LogP contribution in [0.25, 0.3) is 11.0 Å². The third kappa shape index (κ3) is 3.97. The summed E-state index contributed by atoms with van der Waals surface area (Å²) in [5, 5.41) is 0.990. The molecular weight excluding hydrogens is 392 g/mol. The Morgan fingerprint density at radius 2 is 1.77 bits per heavy atom. The van der Waals surface area contributed by atoms with Gasteiger partial charge in [0, 0.05) is 51.3 Å². The second kappa shape index (κ2) is 8.58. The summed E-state index contributed by atoms with van der Waals surface area (Å²) in [6.07, 6.45) is 7.39. The topological polar surface area (TPSA) is 83.4 Å². The lowest BCUT2D eigenvalue weighted by Crippen LogP contribution is -2.46. The summed E-state index contributed by atoms with van der Waals surface area (Å²) in [5.41, 5.74) is 0.739. The van der Waals surface area contributed by atoms with Gasteiger partial charge in [0.05, 0.1) is 24.6 Å². The monoisotopic (exact) mass is 420 g/mol. The number of morpholine rings is 1. The van der Waals surface area contributed by atoms with Crippen LogP contribution in [0.2, 0.25) is 0 Å². The lowest BCUT2D eigenvalue weighted by atomic mass is 10.0. The molecule has 0 bridgehead atoms. The third-order valence-corrected chi connectivity index (χ3v) is 6.24. The zero-order chi connectivity index (χ0) is 21.2. The molecule has 9 nitrogen and oxygen atoms in total. The van der Waals surface area contributed by atoms with Crippen LogP contribution in [0, 0.1) is 0 Å². The van der Waals surface area contributed by atoms with Gasteiger partial charge in [-0.15, -0.1) is 0 Å². The van der Waals surface area contributed by atoms with Crippen LogP contribution < -0.4 is 14.7 Å². The first-order valence-corrected chi connectivity index (χ1v) is 10.9. The number of ether oxygens (including phenoxy) is 1. The molecule has 0 unspecified atom stereocenters. The summed E-state index contributed by atoms with van der Waals surface area (Å²) < 4.78 is 5.64. The SMILES string of the molecule is C[C@H]1COCCN1c1nc(N(C)C2CCN(c3ncccn3)CC2)nc2ncccc12. The van der Waals surface area contributed by atoms with Crippen LogP contribution in [-0.2, 0) is 4.74 Å². The number of fused-ring (bicyclic) bond motifs is 1. The van der Waals surface area contributed by atoms with Gasteiger partial charge in [-0.25, -0.2) is 15.0 Å². The van der Waals surface area contributed by atoms with E-state index in [1.807, 2.05) is 12.1 Å². The Hall–Kier alpha value is -3.07. The van der Waals surface area contributed by atoms with Gasteiger partial charge in [0.2, 0.25) is 11.9 Å². The highest BCUT2D eigenvalue weighted by Gasteiger charge is 2.28. The zero-order valence-electron chi connectivity index (χ0n) is 18.1. The van der Waals surface area contributed by atoms with Crippen molar-refractivity contribution < 1.29 is 4.74 Å².